The van der Waals surface area contributed by atoms with Gasteiger partial charge in [-0.25, -0.2) is 4.79 Å². The van der Waals surface area contributed by atoms with E-state index in [-0.39, 0.29) is 5.63 Å². The third kappa shape index (κ3) is 4.47. The number of nitrogens with one attached hydrogen (secondary N) is 2. The summed E-state index contributed by atoms with van der Waals surface area (Å²) in [4.78, 5) is 15.8. The maximum absolute atomic E-state index is 12.7. The van der Waals surface area contributed by atoms with Gasteiger partial charge in [-0.1, -0.05) is 23.7 Å². The molecule has 3 aromatic rings. The smallest absolute Gasteiger partial charge is 0.344 e. The van der Waals surface area contributed by atoms with E-state index in [2.05, 4.69) is 7.05 Å². The van der Waals surface area contributed by atoms with Crippen LogP contribution in [0, 0.1) is 6.92 Å². The van der Waals surface area contributed by atoms with Gasteiger partial charge in [-0.15, -0.1) is 0 Å². The standard InChI is InChI=1S/C23H25ClN2O3/c1-16-20-8-7-19(28-14-13-26-11-9-25(2)10-12-26)15-21(20)29-23(27)22(16)17-3-5-18(24)6-4-17/h3-8,15H,9-14H2,1-2H3/p+2. The zero-order valence-electron chi connectivity index (χ0n) is 16.9. The van der Waals surface area contributed by atoms with Crippen molar-refractivity contribution in [2.75, 3.05) is 46.4 Å². The van der Waals surface area contributed by atoms with Crippen molar-refractivity contribution < 1.29 is 19.0 Å². The summed E-state index contributed by atoms with van der Waals surface area (Å²) < 4.78 is 11.6. The molecule has 0 atom stereocenters. The van der Waals surface area contributed by atoms with E-state index >= 15 is 0 Å². The van der Waals surface area contributed by atoms with Crippen molar-refractivity contribution in [2.24, 2.45) is 0 Å². The first-order chi connectivity index (χ1) is 14.0. The molecule has 152 valence electrons. The maximum Gasteiger partial charge on any atom is 0.344 e. The molecule has 6 heteroatoms. The number of quaternary nitrogens is 2. The third-order valence-electron chi connectivity index (χ3n) is 5.81. The highest BCUT2D eigenvalue weighted by Gasteiger charge is 2.19. The molecule has 2 N–H and O–H groups in total. The fourth-order valence-electron chi connectivity index (χ4n) is 3.97. The Kier molecular flexibility index (Phi) is 5.90. The average molecular weight is 415 g/mol. The van der Waals surface area contributed by atoms with Crippen LogP contribution in [0.5, 0.6) is 5.75 Å². The minimum Gasteiger partial charge on any atom is -0.488 e. The van der Waals surface area contributed by atoms with Gasteiger partial charge in [0.1, 0.15) is 50.7 Å². The number of likely N-dealkylation sites (N-methyl/N-ethyl adjacent to an activating group) is 1. The second kappa shape index (κ2) is 8.57. The second-order valence-electron chi connectivity index (χ2n) is 7.86. The number of piperazine rings is 1. The van der Waals surface area contributed by atoms with E-state index in [9.17, 15) is 4.79 Å². The zero-order valence-corrected chi connectivity index (χ0v) is 17.6. The number of halogens is 1. The summed E-state index contributed by atoms with van der Waals surface area (Å²) in [6, 6.07) is 13.0. The molecule has 1 aliphatic rings. The van der Waals surface area contributed by atoms with E-state index in [1.54, 1.807) is 21.9 Å². The molecule has 1 aromatic heterocycles. The van der Waals surface area contributed by atoms with Crippen LogP contribution < -0.4 is 20.2 Å². The lowest BCUT2D eigenvalue weighted by Crippen LogP contribution is -3.27. The summed E-state index contributed by atoms with van der Waals surface area (Å²) in [5, 5.41) is 1.55. The monoisotopic (exact) mass is 414 g/mol. The number of benzene rings is 2. The summed E-state index contributed by atoms with van der Waals surface area (Å²) in [5.41, 5.74) is 2.48. The summed E-state index contributed by atoms with van der Waals surface area (Å²) in [6.07, 6.45) is 0. The Morgan fingerprint density at radius 2 is 1.79 bits per heavy atom. The molecular formula is C23H27ClN2O3+2. The fourth-order valence-corrected chi connectivity index (χ4v) is 4.10. The van der Waals surface area contributed by atoms with Crippen molar-refractivity contribution in [2.45, 2.75) is 6.92 Å². The molecule has 2 heterocycles. The molecular weight excluding hydrogens is 388 g/mol. The Bertz CT molecular complexity index is 1050. The first-order valence-electron chi connectivity index (χ1n) is 10.1. The molecule has 1 fully saturated rings. The molecule has 5 nitrogen and oxygen atoms in total. The summed E-state index contributed by atoms with van der Waals surface area (Å²) in [5.74, 6) is 0.735. The zero-order chi connectivity index (χ0) is 20.4. The Morgan fingerprint density at radius 1 is 1.07 bits per heavy atom. The minimum atomic E-state index is -0.348. The van der Waals surface area contributed by atoms with Crippen LogP contribution in [0.15, 0.2) is 51.7 Å². The molecule has 4 rings (SSSR count). The number of fused-ring (bicyclic) bond motifs is 1. The lowest BCUT2D eigenvalue weighted by molar-refractivity contribution is -1.00. The molecule has 0 bridgehead atoms. The van der Waals surface area contributed by atoms with E-state index in [1.165, 1.54) is 26.2 Å². The number of hydrogen-bond acceptors (Lipinski definition) is 3. The molecule has 0 amide bonds. The second-order valence-corrected chi connectivity index (χ2v) is 8.30. The summed E-state index contributed by atoms with van der Waals surface area (Å²) >= 11 is 5.97. The van der Waals surface area contributed by atoms with Crippen LogP contribution in [0.3, 0.4) is 0 Å². The summed E-state index contributed by atoms with van der Waals surface area (Å²) in [6.45, 7) is 8.40. The molecule has 2 aromatic carbocycles. The lowest BCUT2D eigenvalue weighted by atomic mass is 10.00. The topological polar surface area (TPSA) is 48.3 Å². The Balaban J connectivity index is 1.51. The van der Waals surface area contributed by atoms with Gasteiger partial charge < -0.3 is 19.0 Å². The molecule has 1 saturated heterocycles. The van der Waals surface area contributed by atoms with Gasteiger partial charge in [0.15, 0.2) is 0 Å². The van der Waals surface area contributed by atoms with E-state index in [0.29, 0.717) is 22.8 Å². The van der Waals surface area contributed by atoms with Gasteiger partial charge in [0.05, 0.1) is 12.6 Å². The lowest BCUT2D eigenvalue weighted by Gasteiger charge is -2.27. The largest absolute Gasteiger partial charge is 0.488 e. The van der Waals surface area contributed by atoms with Gasteiger partial charge in [0.2, 0.25) is 0 Å². The van der Waals surface area contributed by atoms with Crippen LogP contribution in [0.4, 0.5) is 0 Å². The summed E-state index contributed by atoms with van der Waals surface area (Å²) in [7, 11) is 2.25. The normalized spacial score (nSPS) is 19.4. The van der Waals surface area contributed by atoms with Gasteiger partial charge in [0.25, 0.3) is 0 Å². The van der Waals surface area contributed by atoms with Crippen LogP contribution >= 0.6 is 11.6 Å². The van der Waals surface area contributed by atoms with Crippen LogP contribution in [-0.4, -0.2) is 46.4 Å². The molecule has 0 aliphatic carbocycles. The SMILES string of the molecule is Cc1c(-c2ccc(Cl)cc2)c(=O)oc2cc(OCC[NH+]3CC[NH+](C)CC3)ccc12. The quantitative estimate of drug-likeness (QED) is 0.617. The first kappa shape index (κ1) is 20.0. The minimum absolute atomic E-state index is 0.348. The molecule has 0 saturated carbocycles. The van der Waals surface area contributed by atoms with Crippen molar-refractivity contribution in [1.82, 2.24) is 0 Å². The predicted molar refractivity (Wildman–Crippen MR) is 115 cm³/mol. The van der Waals surface area contributed by atoms with Crippen LogP contribution in [0.2, 0.25) is 5.02 Å². The molecule has 1 aliphatic heterocycles. The van der Waals surface area contributed by atoms with Crippen molar-refractivity contribution in [3.8, 4) is 16.9 Å². The molecule has 0 radical (unpaired) electrons. The van der Waals surface area contributed by atoms with Crippen molar-refractivity contribution >= 4 is 22.6 Å². The number of aryl methyl sites for hydroxylation is 1. The van der Waals surface area contributed by atoms with E-state index in [4.69, 9.17) is 20.8 Å². The number of rotatable bonds is 5. The Hall–Kier alpha value is -2.34. The highest BCUT2D eigenvalue weighted by Crippen LogP contribution is 2.29. The van der Waals surface area contributed by atoms with Gasteiger partial charge in [-0.2, -0.15) is 0 Å². The first-order valence-corrected chi connectivity index (χ1v) is 10.5. The average Bonchev–Trinajstić information content (AvgIpc) is 2.71. The fraction of sp³-hybridized carbons (Fsp3) is 0.348. The predicted octanol–water partition coefficient (Wildman–Crippen LogP) is 1.21. The van der Waals surface area contributed by atoms with Crippen LogP contribution in [-0.2, 0) is 0 Å². The van der Waals surface area contributed by atoms with Gasteiger partial charge in [-0.05, 0) is 42.3 Å². The number of ether oxygens (including phenoxy) is 1. The van der Waals surface area contributed by atoms with Crippen LogP contribution in [0.1, 0.15) is 5.56 Å². The highest BCUT2D eigenvalue weighted by molar-refractivity contribution is 6.30. The van der Waals surface area contributed by atoms with Crippen molar-refractivity contribution in [3.05, 3.63) is 63.5 Å². The van der Waals surface area contributed by atoms with Gasteiger partial charge in [0, 0.05) is 16.5 Å². The Labute approximate surface area is 175 Å². The van der Waals surface area contributed by atoms with Gasteiger partial charge in [-0.3, -0.25) is 0 Å². The van der Waals surface area contributed by atoms with E-state index in [0.717, 1.165) is 28.8 Å². The van der Waals surface area contributed by atoms with Gasteiger partial charge >= 0.3 is 5.63 Å². The van der Waals surface area contributed by atoms with E-state index < -0.39 is 0 Å². The molecule has 29 heavy (non-hydrogen) atoms. The van der Waals surface area contributed by atoms with Crippen molar-refractivity contribution in [1.29, 1.82) is 0 Å². The van der Waals surface area contributed by atoms with Crippen LogP contribution in [0.25, 0.3) is 22.1 Å². The van der Waals surface area contributed by atoms with Crippen molar-refractivity contribution in [3.63, 3.8) is 0 Å². The highest BCUT2D eigenvalue weighted by atomic mass is 35.5. The molecule has 0 unspecified atom stereocenters. The maximum atomic E-state index is 12.7. The van der Waals surface area contributed by atoms with E-state index in [1.807, 2.05) is 37.3 Å². The number of hydrogen-bond donors (Lipinski definition) is 2. The molecule has 0 spiro atoms. The third-order valence-corrected chi connectivity index (χ3v) is 6.06. The Morgan fingerprint density at radius 3 is 2.52 bits per heavy atom.